The Morgan fingerprint density at radius 3 is 2.67 bits per heavy atom. The third-order valence-corrected chi connectivity index (χ3v) is 8.54. The number of ether oxygens (including phenoxy) is 1. The molecule has 2 atom stereocenters. The van der Waals surface area contributed by atoms with Gasteiger partial charge in [0.25, 0.3) is 0 Å². The van der Waals surface area contributed by atoms with E-state index >= 15 is 0 Å². The normalized spacial score (nSPS) is 19.8. The Bertz CT molecular complexity index is 1810. The Balaban J connectivity index is 1.04. The van der Waals surface area contributed by atoms with Crippen LogP contribution in [0.3, 0.4) is 0 Å². The van der Waals surface area contributed by atoms with Crippen LogP contribution in [0.2, 0.25) is 0 Å². The molecule has 42 heavy (non-hydrogen) atoms. The van der Waals surface area contributed by atoms with Crippen LogP contribution < -0.4 is 25.6 Å². The number of nitrogen functional groups attached to an aromatic ring is 1. The average Bonchev–Trinajstić information content (AvgIpc) is 3.77. The van der Waals surface area contributed by atoms with Gasteiger partial charge in [-0.3, -0.25) is 14.3 Å². The number of halogens is 3. The van der Waals surface area contributed by atoms with Gasteiger partial charge in [0.2, 0.25) is 11.8 Å². The van der Waals surface area contributed by atoms with Crippen molar-refractivity contribution in [2.75, 3.05) is 56.4 Å². The van der Waals surface area contributed by atoms with Crippen molar-refractivity contribution in [1.29, 1.82) is 0 Å². The molecular weight excluding hydrogens is 575 g/mol. The van der Waals surface area contributed by atoms with E-state index < -0.39 is 23.9 Å². The fourth-order valence-electron chi connectivity index (χ4n) is 5.34. The molecule has 2 aliphatic heterocycles. The van der Waals surface area contributed by atoms with Crippen LogP contribution in [0.25, 0.3) is 27.6 Å². The molecular formula is C26H26F3N9O3S. The smallest absolute Gasteiger partial charge is 0.309 e. The van der Waals surface area contributed by atoms with Gasteiger partial charge in [-0.25, -0.2) is 18.2 Å². The van der Waals surface area contributed by atoms with Crippen LogP contribution in [0, 0.1) is 11.6 Å². The van der Waals surface area contributed by atoms with Crippen molar-refractivity contribution in [3.63, 3.8) is 0 Å². The molecule has 0 saturated carbocycles. The van der Waals surface area contributed by atoms with Crippen LogP contribution in [-0.4, -0.2) is 87.1 Å². The van der Waals surface area contributed by atoms with Crippen LogP contribution in [0.15, 0.2) is 39.7 Å². The maximum Gasteiger partial charge on any atom is 0.309 e. The number of nitrogens with one attached hydrogen (secondary N) is 1. The van der Waals surface area contributed by atoms with Gasteiger partial charge in [-0.1, -0.05) is 11.3 Å². The summed E-state index contributed by atoms with van der Waals surface area (Å²) in [6.07, 6.45) is -0.566. The predicted octanol–water partition coefficient (Wildman–Crippen LogP) is 2.13. The van der Waals surface area contributed by atoms with E-state index in [9.17, 15) is 18.0 Å². The van der Waals surface area contributed by atoms with Gasteiger partial charge in [0.15, 0.2) is 34.8 Å². The standard InChI is InChI=1S/C26H26F3N9O3S/c27-14-10-15(28)19(41-20-13-31-12-16(20)29)11-17(14)36-6-3-35(4-7-36)5-8-37-23-21(42-26(37)39)24-32-22(18-2-1-9-40-18)34-38(24)25(30)33-23/h1-2,9-11,16,20,31H,3-8,12-13H2,(H2,30,33)/t16-,20?/m0/s1. The van der Waals surface area contributed by atoms with Crippen LogP contribution in [0.4, 0.5) is 24.8 Å². The summed E-state index contributed by atoms with van der Waals surface area (Å²) < 4.78 is 57.6. The number of thiazole rings is 1. The summed E-state index contributed by atoms with van der Waals surface area (Å²) in [7, 11) is 0. The van der Waals surface area contributed by atoms with Gasteiger partial charge in [0.1, 0.15) is 16.6 Å². The summed E-state index contributed by atoms with van der Waals surface area (Å²) in [5.74, 6) is -0.829. The highest BCUT2D eigenvalue weighted by molar-refractivity contribution is 7.17. The van der Waals surface area contributed by atoms with E-state index in [1.807, 2.05) is 4.90 Å². The van der Waals surface area contributed by atoms with Gasteiger partial charge in [-0.15, -0.1) is 5.10 Å². The highest BCUT2D eigenvalue weighted by atomic mass is 32.1. The van der Waals surface area contributed by atoms with E-state index in [1.165, 1.54) is 16.8 Å². The number of anilines is 2. The average molecular weight is 602 g/mol. The lowest BCUT2D eigenvalue weighted by Gasteiger charge is -2.36. The number of benzene rings is 1. The molecule has 2 fully saturated rings. The largest absolute Gasteiger partial charge is 0.483 e. The van der Waals surface area contributed by atoms with Gasteiger partial charge in [0, 0.05) is 64.5 Å². The molecule has 0 amide bonds. The molecule has 0 radical (unpaired) electrons. The van der Waals surface area contributed by atoms with Crippen molar-refractivity contribution in [2.24, 2.45) is 0 Å². The molecule has 2 saturated heterocycles. The van der Waals surface area contributed by atoms with Crippen molar-refractivity contribution in [1.82, 2.24) is 34.4 Å². The monoisotopic (exact) mass is 601 g/mol. The number of nitrogens with two attached hydrogens (primary N) is 1. The van der Waals surface area contributed by atoms with E-state index in [0.29, 0.717) is 66.8 Å². The highest BCUT2D eigenvalue weighted by Crippen LogP contribution is 2.31. The second-order valence-corrected chi connectivity index (χ2v) is 11.1. The lowest BCUT2D eigenvalue weighted by Crippen LogP contribution is -2.47. The topological polar surface area (TPSA) is 132 Å². The molecule has 0 bridgehead atoms. The summed E-state index contributed by atoms with van der Waals surface area (Å²) in [5, 5.41) is 7.23. The van der Waals surface area contributed by atoms with Crippen molar-refractivity contribution < 1.29 is 22.3 Å². The first-order chi connectivity index (χ1) is 20.4. The van der Waals surface area contributed by atoms with Crippen LogP contribution in [0.1, 0.15) is 0 Å². The third kappa shape index (κ3) is 4.74. The fourth-order valence-corrected chi connectivity index (χ4v) is 6.28. The zero-order chi connectivity index (χ0) is 29.0. The number of aromatic nitrogens is 5. The summed E-state index contributed by atoms with van der Waals surface area (Å²) in [6.45, 7) is 3.41. The highest BCUT2D eigenvalue weighted by Gasteiger charge is 2.30. The summed E-state index contributed by atoms with van der Waals surface area (Å²) >= 11 is 1.02. The number of furan rings is 1. The minimum Gasteiger partial charge on any atom is -0.483 e. The van der Waals surface area contributed by atoms with Crippen molar-refractivity contribution >= 4 is 39.0 Å². The summed E-state index contributed by atoms with van der Waals surface area (Å²) in [4.78, 5) is 25.7. The Labute approximate surface area is 240 Å². The maximum atomic E-state index is 14.7. The lowest BCUT2D eigenvalue weighted by molar-refractivity contribution is 0.134. The van der Waals surface area contributed by atoms with Gasteiger partial charge in [0.05, 0.1) is 12.0 Å². The molecule has 0 spiro atoms. The Kier molecular flexibility index (Phi) is 6.74. The number of nitrogens with zero attached hydrogens (tertiary/aromatic N) is 7. The van der Waals surface area contributed by atoms with Crippen LogP contribution in [-0.2, 0) is 6.54 Å². The number of hydrogen-bond acceptors (Lipinski definition) is 11. The van der Waals surface area contributed by atoms with E-state index in [4.69, 9.17) is 14.9 Å². The van der Waals surface area contributed by atoms with E-state index in [0.717, 1.165) is 17.4 Å². The van der Waals surface area contributed by atoms with Crippen molar-refractivity contribution in [3.05, 3.63) is 51.8 Å². The second-order valence-electron chi connectivity index (χ2n) is 10.2. The Morgan fingerprint density at radius 1 is 1.10 bits per heavy atom. The number of hydrogen-bond donors (Lipinski definition) is 2. The minimum absolute atomic E-state index is 0.0962. The summed E-state index contributed by atoms with van der Waals surface area (Å²) in [5.41, 5.74) is 7.23. The zero-order valence-corrected chi connectivity index (χ0v) is 23.0. The van der Waals surface area contributed by atoms with E-state index in [-0.39, 0.29) is 35.3 Å². The Hall–Kier alpha value is -4.15. The second kappa shape index (κ2) is 10.6. The van der Waals surface area contributed by atoms with Crippen LogP contribution >= 0.6 is 11.3 Å². The fraction of sp³-hybridized carbons (Fsp3) is 0.385. The molecule has 1 unspecified atom stereocenters. The van der Waals surface area contributed by atoms with E-state index in [2.05, 4.69) is 25.3 Å². The first-order valence-electron chi connectivity index (χ1n) is 13.4. The molecule has 16 heteroatoms. The third-order valence-electron chi connectivity index (χ3n) is 7.58. The first-order valence-corrected chi connectivity index (χ1v) is 14.2. The molecule has 6 heterocycles. The molecule has 5 aromatic rings. The van der Waals surface area contributed by atoms with Gasteiger partial charge >= 0.3 is 4.87 Å². The molecule has 4 aromatic heterocycles. The predicted molar refractivity (Wildman–Crippen MR) is 150 cm³/mol. The number of piperazine rings is 1. The minimum atomic E-state index is -1.26. The van der Waals surface area contributed by atoms with E-state index in [1.54, 1.807) is 16.7 Å². The Morgan fingerprint density at radius 2 is 1.93 bits per heavy atom. The molecule has 0 aliphatic carbocycles. The number of rotatable bonds is 7. The quantitative estimate of drug-likeness (QED) is 0.286. The number of fused-ring (bicyclic) bond motifs is 3. The molecule has 7 rings (SSSR count). The van der Waals surface area contributed by atoms with Gasteiger partial charge in [-0.2, -0.15) is 9.50 Å². The summed E-state index contributed by atoms with van der Waals surface area (Å²) in [6, 6.07) is 5.55. The molecule has 2 aliphatic rings. The first kappa shape index (κ1) is 26.7. The van der Waals surface area contributed by atoms with Crippen LogP contribution in [0.5, 0.6) is 5.75 Å². The molecule has 12 nitrogen and oxygen atoms in total. The SMILES string of the molecule is Nc1nc2c(sc(=O)n2CCN2CCN(c3cc(OC4CNC[C@@H]4F)c(F)cc3F)CC2)c2nc(-c3ccco3)nn12. The number of alkyl halides is 1. The molecule has 3 N–H and O–H groups in total. The van der Waals surface area contributed by atoms with Crippen molar-refractivity contribution in [3.8, 4) is 17.3 Å². The molecule has 1 aromatic carbocycles. The van der Waals surface area contributed by atoms with Gasteiger partial charge < -0.3 is 25.1 Å². The lowest BCUT2D eigenvalue weighted by atomic mass is 10.2. The maximum absolute atomic E-state index is 14.7. The molecule has 220 valence electrons. The van der Waals surface area contributed by atoms with Crippen molar-refractivity contribution in [2.45, 2.75) is 18.8 Å². The zero-order valence-electron chi connectivity index (χ0n) is 22.2. The van der Waals surface area contributed by atoms with Gasteiger partial charge in [-0.05, 0) is 12.1 Å².